The fourth-order valence-corrected chi connectivity index (χ4v) is 6.22. The summed E-state index contributed by atoms with van der Waals surface area (Å²) < 4.78 is 53.6. The average molecular weight is 604 g/mol. The molecule has 2 saturated heterocycles. The van der Waals surface area contributed by atoms with Gasteiger partial charge in [-0.2, -0.15) is 13.2 Å². The lowest BCUT2D eigenvalue weighted by atomic mass is 9.93. The van der Waals surface area contributed by atoms with E-state index >= 15 is 0 Å². The summed E-state index contributed by atoms with van der Waals surface area (Å²) in [6.07, 6.45) is -3.47. The first-order chi connectivity index (χ1) is 18.8. The van der Waals surface area contributed by atoms with Gasteiger partial charge in [-0.25, -0.2) is 4.39 Å². The van der Waals surface area contributed by atoms with Crippen molar-refractivity contribution in [2.45, 2.75) is 50.6 Å². The molecule has 1 unspecified atom stereocenters. The molecule has 0 saturated carbocycles. The molecule has 3 atom stereocenters. The maximum absolute atomic E-state index is 14.3. The number of likely N-dealkylation sites (tertiary alicyclic amines) is 1. The Kier molecular flexibility index (Phi) is 10.2. The monoisotopic (exact) mass is 602 g/mol. The van der Waals surface area contributed by atoms with Crippen molar-refractivity contribution in [3.05, 3.63) is 69.0 Å². The van der Waals surface area contributed by atoms with Crippen molar-refractivity contribution in [1.29, 1.82) is 0 Å². The molecule has 0 N–H and O–H groups in total. The number of rotatable bonds is 9. The summed E-state index contributed by atoms with van der Waals surface area (Å²) in [5.41, 5.74) is 0.211. The number of carbonyl (C=O) groups is 1. The maximum atomic E-state index is 14.3. The van der Waals surface area contributed by atoms with E-state index in [0.717, 1.165) is 43.9 Å². The summed E-state index contributed by atoms with van der Waals surface area (Å²) in [5.74, 6) is -1.10. The number of benzene rings is 2. The van der Waals surface area contributed by atoms with Crippen LogP contribution in [0.2, 0.25) is 10.0 Å². The smallest absolute Gasteiger partial charge is 0.304 e. The number of hydrogen-bond acceptors (Lipinski definition) is 5. The molecule has 0 spiro atoms. The van der Waals surface area contributed by atoms with E-state index in [9.17, 15) is 22.4 Å². The van der Waals surface area contributed by atoms with Crippen LogP contribution in [0.4, 0.5) is 17.6 Å². The Morgan fingerprint density at radius 2 is 1.73 bits per heavy atom. The van der Waals surface area contributed by atoms with Gasteiger partial charge in [0.15, 0.2) is 0 Å². The molecule has 5 nitrogen and oxygen atoms in total. The summed E-state index contributed by atoms with van der Waals surface area (Å²) in [5, 5.41) is 0.915. The van der Waals surface area contributed by atoms with Crippen LogP contribution in [0.15, 0.2) is 36.4 Å². The molecular formula is C29H36Cl2F4N4O. The van der Waals surface area contributed by atoms with Crippen molar-refractivity contribution in [2.75, 3.05) is 53.4 Å². The predicted octanol–water partition coefficient (Wildman–Crippen LogP) is 5.99. The van der Waals surface area contributed by atoms with Crippen molar-refractivity contribution >= 4 is 29.0 Å². The molecule has 0 aliphatic carbocycles. The third-order valence-electron chi connectivity index (χ3n) is 8.16. The first kappa shape index (κ1) is 31.2. The number of likely N-dealkylation sites (N-methyl/N-ethyl adjacent to an activating group) is 2. The predicted molar refractivity (Wildman–Crippen MR) is 150 cm³/mol. The highest BCUT2D eigenvalue weighted by atomic mass is 35.5. The molecule has 2 aromatic carbocycles. The number of alkyl halides is 3. The summed E-state index contributed by atoms with van der Waals surface area (Å²) >= 11 is 12.6. The van der Waals surface area contributed by atoms with Gasteiger partial charge in [0.25, 0.3) is 0 Å². The van der Waals surface area contributed by atoms with E-state index in [1.165, 1.54) is 6.07 Å². The first-order valence-corrected chi connectivity index (χ1v) is 14.3. The van der Waals surface area contributed by atoms with Gasteiger partial charge in [0.1, 0.15) is 11.6 Å². The number of ketones is 1. The molecule has 2 heterocycles. The van der Waals surface area contributed by atoms with Crippen LogP contribution in [0, 0.1) is 5.82 Å². The highest BCUT2D eigenvalue weighted by Crippen LogP contribution is 2.37. The van der Waals surface area contributed by atoms with Crippen molar-refractivity contribution < 1.29 is 22.4 Å². The van der Waals surface area contributed by atoms with Gasteiger partial charge in [-0.15, -0.1) is 0 Å². The van der Waals surface area contributed by atoms with Crippen LogP contribution >= 0.6 is 23.2 Å². The average Bonchev–Trinajstić information content (AvgIpc) is 3.31. The second-order valence-corrected chi connectivity index (χ2v) is 11.9. The SMILES string of the molecule is CC(=O)CCC(N1CCN(C)CC1)N1C[C@H](c2ccc(Cl)c(Cl)c2)[C@H](N(C)Cc2ccc(C(F)(F)F)c(F)c2)C1. The molecule has 0 radical (unpaired) electrons. The molecule has 2 fully saturated rings. The summed E-state index contributed by atoms with van der Waals surface area (Å²) in [6.45, 7) is 6.98. The normalized spacial score (nSPS) is 22.2. The van der Waals surface area contributed by atoms with E-state index in [4.69, 9.17) is 23.2 Å². The Morgan fingerprint density at radius 3 is 2.33 bits per heavy atom. The number of Topliss-reactive ketones (excluding diaryl/α,β-unsaturated/α-hetero) is 1. The number of carbonyl (C=O) groups excluding carboxylic acids is 1. The van der Waals surface area contributed by atoms with Crippen LogP contribution < -0.4 is 0 Å². The fraction of sp³-hybridized carbons (Fsp3) is 0.552. The van der Waals surface area contributed by atoms with Gasteiger partial charge in [0.05, 0.1) is 21.8 Å². The Labute approximate surface area is 243 Å². The second-order valence-electron chi connectivity index (χ2n) is 11.1. The third kappa shape index (κ3) is 7.55. The lowest BCUT2D eigenvalue weighted by Crippen LogP contribution is -2.55. The van der Waals surface area contributed by atoms with E-state index in [1.54, 1.807) is 13.0 Å². The summed E-state index contributed by atoms with van der Waals surface area (Å²) in [6, 6.07) is 8.69. The molecule has 220 valence electrons. The first-order valence-electron chi connectivity index (χ1n) is 13.5. The lowest BCUT2D eigenvalue weighted by molar-refractivity contribution is -0.140. The number of nitrogens with zero attached hydrogens (tertiary/aromatic N) is 4. The molecule has 0 amide bonds. The Balaban J connectivity index is 1.61. The zero-order valence-corrected chi connectivity index (χ0v) is 24.5. The molecule has 40 heavy (non-hydrogen) atoms. The summed E-state index contributed by atoms with van der Waals surface area (Å²) in [7, 11) is 4.02. The second kappa shape index (κ2) is 13.0. The molecule has 4 rings (SSSR count). The van der Waals surface area contributed by atoms with Crippen LogP contribution in [0.5, 0.6) is 0 Å². The largest absolute Gasteiger partial charge is 0.419 e. The highest BCUT2D eigenvalue weighted by Gasteiger charge is 2.41. The number of halogens is 6. The number of hydrogen-bond donors (Lipinski definition) is 0. The van der Waals surface area contributed by atoms with Crippen molar-refractivity contribution in [3.8, 4) is 0 Å². The topological polar surface area (TPSA) is 30.0 Å². The van der Waals surface area contributed by atoms with Crippen molar-refractivity contribution in [1.82, 2.24) is 19.6 Å². The molecular weight excluding hydrogens is 567 g/mol. The van der Waals surface area contributed by atoms with Gasteiger partial charge in [-0.3, -0.25) is 14.7 Å². The van der Waals surface area contributed by atoms with Crippen LogP contribution in [0.25, 0.3) is 0 Å². The Hall–Kier alpha value is -1.75. The molecule has 0 bridgehead atoms. The van der Waals surface area contributed by atoms with E-state index in [0.29, 0.717) is 41.5 Å². The van der Waals surface area contributed by atoms with Gasteiger partial charge in [-0.1, -0.05) is 35.3 Å². The van der Waals surface area contributed by atoms with Gasteiger partial charge >= 0.3 is 6.18 Å². The van der Waals surface area contributed by atoms with Gasteiger partial charge in [0.2, 0.25) is 0 Å². The Bertz CT molecular complexity index is 1190. The van der Waals surface area contributed by atoms with Crippen molar-refractivity contribution in [2.24, 2.45) is 0 Å². The quantitative estimate of drug-likeness (QED) is 0.329. The molecule has 2 aromatic rings. The van der Waals surface area contributed by atoms with E-state index in [1.807, 2.05) is 19.2 Å². The zero-order valence-electron chi connectivity index (χ0n) is 23.0. The van der Waals surface area contributed by atoms with Crippen LogP contribution in [-0.2, 0) is 17.5 Å². The molecule has 2 aliphatic rings. The van der Waals surface area contributed by atoms with Gasteiger partial charge in [-0.05, 0) is 62.8 Å². The van der Waals surface area contributed by atoms with E-state index in [-0.39, 0.29) is 30.5 Å². The van der Waals surface area contributed by atoms with E-state index in [2.05, 4.69) is 26.6 Å². The molecule has 2 aliphatic heterocycles. The molecule has 0 aromatic heterocycles. The van der Waals surface area contributed by atoms with Crippen LogP contribution in [0.3, 0.4) is 0 Å². The maximum Gasteiger partial charge on any atom is 0.419 e. The lowest BCUT2D eigenvalue weighted by Gasteiger charge is -2.42. The Morgan fingerprint density at radius 1 is 1.02 bits per heavy atom. The fourth-order valence-electron chi connectivity index (χ4n) is 5.92. The highest BCUT2D eigenvalue weighted by molar-refractivity contribution is 6.42. The minimum atomic E-state index is -4.74. The van der Waals surface area contributed by atoms with E-state index < -0.39 is 17.6 Å². The van der Waals surface area contributed by atoms with Crippen LogP contribution in [0.1, 0.15) is 42.4 Å². The number of piperazine rings is 1. The van der Waals surface area contributed by atoms with Crippen LogP contribution in [-0.4, -0.2) is 91.0 Å². The standard InChI is InChI=1S/C29H36Cl2F4N4O/c1-19(40)4-9-28(38-12-10-36(2)11-13-38)39-17-22(21-6-8-24(30)25(31)15-21)27(18-39)37(3)16-20-5-7-23(26(32)14-20)29(33,34)35/h5-8,14-15,22,27-28H,4,9-13,16-18H2,1-3H3/t22-,27-,28?/m1/s1. The molecule has 11 heteroatoms. The zero-order chi connectivity index (χ0) is 29.2. The third-order valence-corrected chi connectivity index (χ3v) is 8.90. The van der Waals surface area contributed by atoms with Crippen molar-refractivity contribution in [3.63, 3.8) is 0 Å². The van der Waals surface area contributed by atoms with Gasteiger partial charge in [0, 0.05) is 64.2 Å². The van der Waals surface area contributed by atoms with Gasteiger partial charge < -0.3 is 9.69 Å². The minimum Gasteiger partial charge on any atom is -0.304 e. The summed E-state index contributed by atoms with van der Waals surface area (Å²) in [4.78, 5) is 21.2. The minimum absolute atomic E-state index is 0.0198.